The van der Waals surface area contributed by atoms with E-state index in [0.29, 0.717) is 6.61 Å². The number of ether oxygens (including phenoxy) is 2. The van der Waals surface area contributed by atoms with Crippen LogP contribution in [0.3, 0.4) is 0 Å². The number of hydrogen-bond donors (Lipinski definition) is 0. The number of benzene rings is 1. The average molecular weight is 266 g/mol. The van der Waals surface area contributed by atoms with Gasteiger partial charge in [0.05, 0.1) is 6.10 Å². The molecule has 98 valence electrons. The molecule has 0 saturated carbocycles. The molecule has 1 fully saturated rings. The van der Waals surface area contributed by atoms with Crippen molar-refractivity contribution in [2.75, 3.05) is 13.2 Å². The predicted molar refractivity (Wildman–Crippen MR) is 71.7 cm³/mol. The summed E-state index contributed by atoms with van der Waals surface area (Å²) >= 11 is 1.52. The average Bonchev–Trinajstić information content (AvgIpc) is 2.90. The topological polar surface area (TPSA) is 35.5 Å². The lowest BCUT2D eigenvalue weighted by molar-refractivity contribution is -0.145. The van der Waals surface area contributed by atoms with Gasteiger partial charge in [-0.2, -0.15) is 0 Å². The van der Waals surface area contributed by atoms with Crippen molar-refractivity contribution in [1.29, 1.82) is 0 Å². The Balaban J connectivity index is 1.74. The SMILES string of the molecule is CC(Sc1ccccc1)C(=O)OCC1CCCO1. The van der Waals surface area contributed by atoms with E-state index in [4.69, 9.17) is 9.47 Å². The van der Waals surface area contributed by atoms with Crippen LogP contribution in [0.25, 0.3) is 0 Å². The van der Waals surface area contributed by atoms with E-state index in [1.807, 2.05) is 37.3 Å². The maximum Gasteiger partial charge on any atom is 0.319 e. The third kappa shape index (κ3) is 4.03. The van der Waals surface area contributed by atoms with E-state index in [2.05, 4.69) is 0 Å². The molecule has 0 N–H and O–H groups in total. The monoisotopic (exact) mass is 266 g/mol. The fraction of sp³-hybridized carbons (Fsp3) is 0.500. The minimum atomic E-state index is -0.186. The van der Waals surface area contributed by atoms with Gasteiger partial charge >= 0.3 is 5.97 Å². The van der Waals surface area contributed by atoms with Gasteiger partial charge in [-0.15, -0.1) is 11.8 Å². The molecule has 18 heavy (non-hydrogen) atoms. The van der Waals surface area contributed by atoms with Crippen LogP contribution in [0.2, 0.25) is 0 Å². The first-order valence-electron chi connectivity index (χ1n) is 6.25. The van der Waals surface area contributed by atoms with Crippen LogP contribution in [-0.4, -0.2) is 30.5 Å². The summed E-state index contributed by atoms with van der Waals surface area (Å²) < 4.78 is 10.7. The normalized spacial score (nSPS) is 20.6. The van der Waals surface area contributed by atoms with Crippen molar-refractivity contribution >= 4 is 17.7 Å². The highest BCUT2D eigenvalue weighted by atomic mass is 32.2. The van der Waals surface area contributed by atoms with Crippen molar-refractivity contribution in [3.05, 3.63) is 30.3 Å². The molecule has 2 rings (SSSR count). The summed E-state index contributed by atoms with van der Waals surface area (Å²) in [5.74, 6) is -0.167. The summed E-state index contributed by atoms with van der Waals surface area (Å²) in [4.78, 5) is 12.9. The largest absolute Gasteiger partial charge is 0.462 e. The lowest BCUT2D eigenvalue weighted by Crippen LogP contribution is -2.23. The number of carbonyl (C=O) groups excluding carboxylic acids is 1. The zero-order valence-corrected chi connectivity index (χ0v) is 11.3. The number of esters is 1. The predicted octanol–water partition coefficient (Wildman–Crippen LogP) is 2.89. The zero-order valence-electron chi connectivity index (χ0n) is 10.5. The maximum atomic E-state index is 11.8. The molecule has 0 aromatic heterocycles. The van der Waals surface area contributed by atoms with Crippen LogP contribution in [0, 0.1) is 0 Å². The minimum Gasteiger partial charge on any atom is -0.462 e. The molecule has 4 heteroatoms. The van der Waals surface area contributed by atoms with Gasteiger partial charge in [-0.05, 0) is 31.9 Å². The van der Waals surface area contributed by atoms with E-state index < -0.39 is 0 Å². The summed E-state index contributed by atoms with van der Waals surface area (Å²) in [5, 5.41) is -0.186. The van der Waals surface area contributed by atoms with Crippen molar-refractivity contribution in [1.82, 2.24) is 0 Å². The standard InChI is InChI=1S/C14H18O3S/c1-11(18-13-7-3-2-4-8-13)14(15)17-10-12-6-5-9-16-12/h2-4,7-8,11-12H,5-6,9-10H2,1H3. The van der Waals surface area contributed by atoms with Crippen LogP contribution in [-0.2, 0) is 14.3 Å². The Morgan fingerprint density at radius 3 is 2.94 bits per heavy atom. The summed E-state index contributed by atoms with van der Waals surface area (Å²) in [6.45, 7) is 3.05. The third-order valence-corrected chi connectivity index (χ3v) is 3.91. The zero-order chi connectivity index (χ0) is 12.8. The number of carbonyl (C=O) groups is 1. The highest BCUT2D eigenvalue weighted by Crippen LogP contribution is 2.23. The van der Waals surface area contributed by atoms with Crippen LogP contribution in [0.5, 0.6) is 0 Å². The number of hydrogen-bond acceptors (Lipinski definition) is 4. The van der Waals surface area contributed by atoms with Gasteiger partial charge in [-0.1, -0.05) is 18.2 Å². The molecule has 2 atom stereocenters. The molecule has 2 unspecified atom stereocenters. The van der Waals surface area contributed by atoms with E-state index >= 15 is 0 Å². The molecular weight excluding hydrogens is 248 g/mol. The summed E-state index contributed by atoms with van der Waals surface area (Å²) in [6, 6.07) is 9.88. The van der Waals surface area contributed by atoms with Gasteiger partial charge in [-0.3, -0.25) is 4.79 Å². The Labute approximate surface area is 112 Å². The summed E-state index contributed by atoms with van der Waals surface area (Å²) in [6.07, 6.45) is 2.16. The van der Waals surface area contributed by atoms with Gasteiger partial charge in [0.25, 0.3) is 0 Å². The first-order valence-corrected chi connectivity index (χ1v) is 7.13. The smallest absolute Gasteiger partial charge is 0.319 e. The summed E-state index contributed by atoms with van der Waals surface area (Å²) in [5.41, 5.74) is 0. The highest BCUT2D eigenvalue weighted by molar-refractivity contribution is 8.00. The van der Waals surface area contributed by atoms with Gasteiger partial charge in [-0.25, -0.2) is 0 Å². The second-order valence-electron chi connectivity index (χ2n) is 4.34. The van der Waals surface area contributed by atoms with Gasteiger partial charge in [0.2, 0.25) is 0 Å². The second-order valence-corrected chi connectivity index (χ2v) is 5.75. The Morgan fingerprint density at radius 1 is 1.50 bits per heavy atom. The summed E-state index contributed by atoms with van der Waals surface area (Å²) in [7, 11) is 0. The molecule has 1 saturated heterocycles. The van der Waals surface area contributed by atoms with Gasteiger partial charge in [0.15, 0.2) is 0 Å². The van der Waals surface area contributed by atoms with Crippen LogP contribution < -0.4 is 0 Å². The van der Waals surface area contributed by atoms with Crippen LogP contribution in [0.1, 0.15) is 19.8 Å². The Bertz CT molecular complexity index is 374. The molecule has 1 aromatic carbocycles. The van der Waals surface area contributed by atoms with E-state index in [0.717, 1.165) is 24.3 Å². The van der Waals surface area contributed by atoms with Gasteiger partial charge < -0.3 is 9.47 Å². The van der Waals surface area contributed by atoms with Crippen molar-refractivity contribution in [3.63, 3.8) is 0 Å². The first-order chi connectivity index (χ1) is 8.75. The van der Waals surface area contributed by atoms with Crippen LogP contribution >= 0.6 is 11.8 Å². The molecule has 1 aromatic rings. The van der Waals surface area contributed by atoms with E-state index in [-0.39, 0.29) is 17.3 Å². The van der Waals surface area contributed by atoms with Gasteiger partial charge in [0, 0.05) is 11.5 Å². The molecule has 0 spiro atoms. The van der Waals surface area contributed by atoms with Crippen molar-refractivity contribution in [3.8, 4) is 0 Å². The van der Waals surface area contributed by atoms with Crippen molar-refractivity contribution < 1.29 is 14.3 Å². The molecule has 3 nitrogen and oxygen atoms in total. The number of thioether (sulfide) groups is 1. The van der Waals surface area contributed by atoms with E-state index in [1.54, 1.807) is 0 Å². The fourth-order valence-electron chi connectivity index (χ4n) is 1.82. The fourth-order valence-corrected chi connectivity index (χ4v) is 2.71. The number of rotatable bonds is 5. The van der Waals surface area contributed by atoms with E-state index in [9.17, 15) is 4.79 Å². The Kier molecular flexibility index (Phi) is 5.08. The van der Waals surface area contributed by atoms with Crippen LogP contribution in [0.4, 0.5) is 0 Å². The molecule has 0 amide bonds. The van der Waals surface area contributed by atoms with Crippen LogP contribution in [0.15, 0.2) is 35.2 Å². The molecule has 1 heterocycles. The molecular formula is C14H18O3S. The van der Waals surface area contributed by atoms with Gasteiger partial charge in [0.1, 0.15) is 11.9 Å². The third-order valence-electron chi connectivity index (χ3n) is 2.82. The minimum absolute atomic E-state index is 0.0999. The molecule has 0 bridgehead atoms. The lowest BCUT2D eigenvalue weighted by Gasteiger charge is -2.14. The molecule has 1 aliphatic heterocycles. The molecule has 0 radical (unpaired) electrons. The molecule has 1 aliphatic rings. The van der Waals surface area contributed by atoms with Crippen molar-refractivity contribution in [2.24, 2.45) is 0 Å². The van der Waals surface area contributed by atoms with E-state index in [1.165, 1.54) is 11.8 Å². The lowest BCUT2D eigenvalue weighted by atomic mass is 10.2. The molecule has 0 aliphatic carbocycles. The first kappa shape index (κ1) is 13.4. The second kappa shape index (κ2) is 6.81. The quantitative estimate of drug-likeness (QED) is 0.606. The highest BCUT2D eigenvalue weighted by Gasteiger charge is 2.20. The Morgan fingerprint density at radius 2 is 2.28 bits per heavy atom. The Hall–Kier alpha value is -1.00. The van der Waals surface area contributed by atoms with Crippen molar-refractivity contribution in [2.45, 2.75) is 36.0 Å². The maximum absolute atomic E-state index is 11.8.